The predicted molar refractivity (Wildman–Crippen MR) is 124 cm³/mol. The van der Waals surface area contributed by atoms with E-state index in [9.17, 15) is 18.4 Å². The van der Waals surface area contributed by atoms with E-state index in [1.807, 2.05) is 0 Å². The third kappa shape index (κ3) is 6.42. The molecule has 0 spiro atoms. The van der Waals surface area contributed by atoms with Crippen LogP contribution in [0.2, 0.25) is 0 Å². The Morgan fingerprint density at radius 3 is 2.24 bits per heavy atom. The van der Waals surface area contributed by atoms with Crippen LogP contribution in [0.5, 0.6) is 5.75 Å². The summed E-state index contributed by atoms with van der Waals surface area (Å²) >= 11 is 0. The lowest BCUT2D eigenvalue weighted by Crippen LogP contribution is -2.53. The van der Waals surface area contributed by atoms with Crippen molar-refractivity contribution >= 4 is 28.3 Å². The minimum atomic E-state index is -4.09. The fraction of sp³-hybridized carbons (Fsp3) is 0.455. The molecule has 1 atom stereocenters. The van der Waals surface area contributed by atoms with Gasteiger partial charge in [-0.25, -0.2) is 13.9 Å². The zero-order chi connectivity index (χ0) is 23.1. The zero-order valence-corrected chi connectivity index (χ0v) is 20.2. The second-order valence-corrected chi connectivity index (χ2v) is 9.67. The van der Waals surface area contributed by atoms with Gasteiger partial charge < -0.3 is 9.47 Å². The summed E-state index contributed by atoms with van der Waals surface area (Å²) in [5.74, 6) is -0.507. The van der Waals surface area contributed by atoms with Gasteiger partial charge in [-0.1, -0.05) is 0 Å². The van der Waals surface area contributed by atoms with E-state index in [0.29, 0.717) is 37.0 Å². The van der Waals surface area contributed by atoms with Crippen molar-refractivity contribution in [1.82, 2.24) is 14.8 Å². The lowest BCUT2D eigenvalue weighted by Gasteiger charge is -2.38. The zero-order valence-electron chi connectivity index (χ0n) is 18.6. The van der Waals surface area contributed by atoms with Gasteiger partial charge in [0.15, 0.2) is 0 Å². The Kier molecular flexibility index (Phi) is 10.1. The third-order valence-corrected chi connectivity index (χ3v) is 7.78. The summed E-state index contributed by atoms with van der Waals surface area (Å²) < 4.78 is 39.2. The SMILES string of the molecule is COc1ccc(S(=O)(=O)N(Cc2ccncc2)[C@@H](C(=O)NO)C2CCC(OC)CC2)cc1.Cl. The normalized spacial score (nSPS) is 19.4. The molecule has 1 aliphatic rings. The lowest BCUT2D eigenvalue weighted by molar-refractivity contribution is -0.136. The van der Waals surface area contributed by atoms with Crippen LogP contribution in [0.1, 0.15) is 31.2 Å². The number of hydrogen-bond donors (Lipinski definition) is 2. The standard InChI is InChI=1S/C22H29N3O6S.ClH/c1-30-18-5-3-17(4-6-18)21(22(26)24-27)25(15-16-11-13-23-14-12-16)32(28,29)20-9-7-19(31-2)8-10-20;/h7-14,17-18,21,27H,3-6,15H2,1-2H3,(H,24,26);1H/t17?,18?,21-;/m1./s1. The van der Waals surface area contributed by atoms with Crippen LogP contribution in [0, 0.1) is 5.92 Å². The molecule has 1 aromatic carbocycles. The molecule has 182 valence electrons. The monoisotopic (exact) mass is 499 g/mol. The molecule has 11 heteroatoms. The first kappa shape index (κ1) is 27.0. The van der Waals surface area contributed by atoms with E-state index >= 15 is 0 Å². The summed E-state index contributed by atoms with van der Waals surface area (Å²) in [5, 5.41) is 9.48. The quantitative estimate of drug-likeness (QED) is 0.402. The van der Waals surface area contributed by atoms with Gasteiger partial charge in [-0.15, -0.1) is 12.4 Å². The highest BCUT2D eigenvalue weighted by atomic mass is 35.5. The van der Waals surface area contributed by atoms with Crippen molar-refractivity contribution in [3.8, 4) is 5.75 Å². The molecule has 0 bridgehead atoms. The van der Waals surface area contributed by atoms with Gasteiger partial charge in [-0.2, -0.15) is 4.31 Å². The number of halogens is 1. The molecular formula is C22H30ClN3O6S. The van der Waals surface area contributed by atoms with Gasteiger partial charge in [-0.05, 0) is 73.6 Å². The van der Waals surface area contributed by atoms with Gasteiger partial charge in [0.1, 0.15) is 11.8 Å². The summed E-state index contributed by atoms with van der Waals surface area (Å²) in [5.41, 5.74) is 2.37. The highest BCUT2D eigenvalue weighted by Gasteiger charge is 2.42. The first-order valence-electron chi connectivity index (χ1n) is 10.4. The van der Waals surface area contributed by atoms with Crippen LogP contribution in [-0.2, 0) is 26.1 Å². The van der Waals surface area contributed by atoms with Crippen molar-refractivity contribution in [3.05, 3.63) is 54.4 Å². The highest BCUT2D eigenvalue weighted by molar-refractivity contribution is 7.89. The number of carbonyl (C=O) groups excluding carboxylic acids is 1. The van der Waals surface area contributed by atoms with E-state index in [1.54, 1.807) is 49.2 Å². The van der Waals surface area contributed by atoms with Crippen LogP contribution in [0.4, 0.5) is 0 Å². The summed E-state index contributed by atoms with van der Waals surface area (Å²) in [6.07, 6.45) is 5.83. The maximum atomic E-state index is 13.7. The van der Waals surface area contributed by atoms with Crippen molar-refractivity contribution in [2.75, 3.05) is 14.2 Å². The molecule has 0 saturated heterocycles. The number of sulfonamides is 1. The summed E-state index contributed by atoms with van der Waals surface area (Å²) in [7, 11) is -0.950. The average molecular weight is 500 g/mol. The topological polar surface area (TPSA) is 118 Å². The van der Waals surface area contributed by atoms with Crippen molar-refractivity contribution in [2.24, 2.45) is 5.92 Å². The highest BCUT2D eigenvalue weighted by Crippen LogP contribution is 2.34. The van der Waals surface area contributed by atoms with Crippen LogP contribution in [0.25, 0.3) is 0 Å². The maximum absolute atomic E-state index is 13.7. The molecule has 1 fully saturated rings. The number of carbonyl (C=O) groups is 1. The van der Waals surface area contributed by atoms with Crippen molar-refractivity contribution < 1.29 is 27.9 Å². The van der Waals surface area contributed by atoms with Gasteiger partial charge in [0.25, 0.3) is 5.91 Å². The molecule has 3 rings (SSSR count). The molecule has 1 aliphatic carbocycles. The lowest BCUT2D eigenvalue weighted by atomic mass is 9.82. The maximum Gasteiger partial charge on any atom is 0.262 e. The third-order valence-electron chi connectivity index (χ3n) is 5.94. The van der Waals surface area contributed by atoms with Gasteiger partial charge in [0, 0.05) is 26.0 Å². The molecule has 2 N–H and O–H groups in total. The van der Waals surface area contributed by atoms with E-state index in [-0.39, 0.29) is 35.9 Å². The molecule has 0 aliphatic heterocycles. The Labute approximate surface area is 200 Å². The fourth-order valence-electron chi connectivity index (χ4n) is 4.17. The molecule has 33 heavy (non-hydrogen) atoms. The van der Waals surface area contributed by atoms with Gasteiger partial charge in [0.05, 0.1) is 18.1 Å². The minimum absolute atomic E-state index is 0. The first-order valence-corrected chi connectivity index (χ1v) is 11.9. The molecule has 1 heterocycles. The van der Waals surface area contributed by atoms with Crippen molar-refractivity contribution in [3.63, 3.8) is 0 Å². The molecule has 1 saturated carbocycles. The van der Waals surface area contributed by atoms with E-state index in [0.717, 1.165) is 0 Å². The molecule has 1 aromatic heterocycles. The average Bonchev–Trinajstić information content (AvgIpc) is 2.84. The number of amides is 1. The summed E-state index contributed by atoms with van der Waals surface area (Å²) in [4.78, 5) is 16.9. The van der Waals surface area contributed by atoms with E-state index in [2.05, 4.69) is 4.98 Å². The Hall–Kier alpha value is -2.24. The van der Waals surface area contributed by atoms with Crippen LogP contribution < -0.4 is 10.2 Å². The van der Waals surface area contributed by atoms with Gasteiger partial charge in [0.2, 0.25) is 10.0 Å². The van der Waals surface area contributed by atoms with E-state index in [4.69, 9.17) is 9.47 Å². The Morgan fingerprint density at radius 1 is 1.12 bits per heavy atom. The van der Waals surface area contributed by atoms with Gasteiger partial charge in [-0.3, -0.25) is 15.0 Å². The number of nitrogens with one attached hydrogen (secondary N) is 1. The summed E-state index contributed by atoms with van der Waals surface area (Å²) in [6.45, 7) is -0.0425. The smallest absolute Gasteiger partial charge is 0.262 e. The first-order chi connectivity index (χ1) is 15.4. The number of pyridine rings is 1. The van der Waals surface area contributed by atoms with E-state index in [1.165, 1.54) is 23.5 Å². The molecular weight excluding hydrogens is 470 g/mol. The predicted octanol–water partition coefficient (Wildman–Crippen LogP) is 2.78. The number of rotatable bonds is 9. The Bertz CT molecular complexity index is 983. The second-order valence-electron chi connectivity index (χ2n) is 7.77. The fourth-order valence-corrected chi connectivity index (χ4v) is 5.81. The van der Waals surface area contributed by atoms with Crippen molar-refractivity contribution in [1.29, 1.82) is 0 Å². The van der Waals surface area contributed by atoms with Crippen molar-refractivity contribution in [2.45, 2.75) is 49.3 Å². The molecule has 9 nitrogen and oxygen atoms in total. The van der Waals surface area contributed by atoms with Gasteiger partial charge >= 0.3 is 0 Å². The molecule has 0 unspecified atom stereocenters. The number of ether oxygens (including phenoxy) is 2. The van der Waals surface area contributed by atoms with Crippen LogP contribution in [0.15, 0.2) is 53.7 Å². The Morgan fingerprint density at radius 2 is 1.73 bits per heavy atom. The number of nitrogens with zero attached hydrogens (tertiary/aromatic N) is 2. The summed E-state index contributed by atoms with van der Waals surface area (Å²) in [6, 6.07) is 8.33. The number of aromatic nitrogens is 1. The number of hydroxylamine groups is 1. The largest absolute Gasteiger partial charge is 0.497 e. The number of benzene rings is 1. The van der Waals surface area contributed by atoms with Crippen LogP contribution in [-0.4, -0.2) is 55.2 Å². The minimum Gasteiger partial charge on any atom is -0.497 e. The molecule has 0 radical (unpaired) electrons. The van der Waals surface area contributed by atoms with E-state index < -0.39 is 22.0 Å². The van der Waals surface area contributed by atoms with Crippen LogP contribution >= 0.6 is 12.4 Å². The molecule has 2 aromatic rings. The Balaban J connectivity index is 0.00000385. The van der Waals surface area contributed by atoms with Crippen LogP contribution in [0.3, 0.4) is 0 Å². The second kappa shape index (κ2) is 12.3. The number of methoxy groups -OCH3 is 2. The number of hydrogen-bond acceptors (Lipinski definition) is 7. The molecule has 1 amide bonds.